The summed E-state index contributed by atoms with van der Waals surface area (Å²) < 4.78 is 1.89. The van der Waals surface area contributed by atoms with Gasteiger partial charge in [-0.15, -0.1) is 0 Å². The highest BCUT2D eigenvalue weighted by Crippen LogP contribution is 2.45. The van der Waals surface area contributed by atoms with Crippen LogP contribution in [0.3, 0.4) is 0 Å². The van der Waals surface area contributed by atoms with E-state index in [9.17, 15) is 0 Å². The van der Waals surface area contributed by atoms with Crippen molar-refractivity contribution in [2.75, 3.05) is 0 Å². The lowest BCUT2D eigenvalue weighted by atomic mass is 10.1. The third-order valence-corrected chi connectivity index (χ3v) is 3.48. The molecule has 1 aromatic rings. The Morgan fingerprint density at radius 2 is 2.20 bits per heavy atom. The van der Waals surface area contributed by atoms with Crippen molar-refractivity contribution in [1.82, 2.24) is 15.1 Å². The van der Waals surface area contributed by atoms with E-state index in [1.54, 1.807) is 0 Å². The molecule has 0 amide bonds. The number of hydrogen-bond acceptors (Lipinski definition) is 2. The maximum absolute atomic E-state index is 4.37. The zero-order chi connectivity index (χ0) is 11.2. The molecule has 0 saturated heterocycles. The number of nitrogens with zero attached hydrogens (tertiary/aromatic N) is 2. The Morgan fingerprint density at radius 3 is 2.60 bits per heavy atom. The van der Waals surface area contributed by atoms with Gasteiger partial charge in [0.05, 0.1) is 5.69 Å². The molecule has 1 N–H and O–H groups in total. The van der Waals surface area contributed by atoms with Gasteiger partial charge in [-0.25, -0.2) is 0 Å². The Bertz CT molecular complexity index is 365. The van der Waals surface area contributed by atoms with Crippen molar-refractivity contribution in [3.63, 3.8) is 0 Å². The van der Waals surface area contributed by atoms with Crippen molar-refractivity contribution in [3.05, 3.63) is 17.5 Å². The van der Waals surface area contributed by atoms with Gasteiger partial charge in [-0.05, 0) is 25.7 Å². The first-order chi connectivity index (χ1) is 6.90. The lowest BCUT2D eigenvalue weighted by Gasteiger charge is -2.14. The average Bonchev–Trinajstić information content (AvgIpc) is 2.53. The molecule has 0 bridgehead atoms. The second-order valence-electron chi connectivity index (χ2n) is 5.48. The minimum atomic E-state index is 0.408. The highest BCUT2D eigenvalue weighted by molar-refractivity contribution is 5.20. The van der Waals surface area contributed by atoms with Gasteiger partial charge in [0, 0.05) is 30.9 Å². The molecule has 1 heterocycles. The average molecular weight is 207 g/mol. The van der Waals surface area contributed by atoms with Crippen LogP contribution in [0.1, 0.15) is 44.5 Å². The van der Waals surface area contributed by atoms with Gasteiger partial charge in [-0.1, -0.05) is 13.8 Å². The summed E-state index contributed by atoms with van der Waals surface area (Å²) in [6, 6.07) is 1.08. The van der Waals surface area contributed by atoms with Gasteiger partial charge >= 0.3 is 0 Å². The Hall–Kier alpha value is -0.830. The Labute approximate surface area is 91.9 Å². The molecular weight excluding hydrogens is 186 g/mol. The lowest BCUT2D eigenvalue weighted by Crippen LogP contribution is -2.24. The largest absolute Gasteiger partial charge is 0.307 e. The molecular formula is C12H21N3. The Kier molecular flexibility index (Phi) is 2.38. The fourth-order valence-electron chi connectivity index (χ4n) is 2.19. The van der Waals surface area contributed by atoms with E-state index < -0.39 is 0 Å². The first-order valence-electron chi connectivity index (χ1n) is 5.66. The van der Waals surface area contributed by atoms with Gasteiger partial charge in [0.1, 0.15) is 0 Å². The van der Waals surface area contributed by atoms with Crippen LogP contribution in [0.5, 0.6) is 0 Å². The van der Waals surface area contributed by atoms with Crippen LogP contribution < -0.4 is 5.32 Å². The summed E-state index contributed by atoms with van der Waals surface area (Å²) in [4.78, 5) is 0. The van der Waals surface area contributed by atoms with Gasteiger partial charge in [0.15, 0.2) is 0 Å². The van der Waals surface area contributed by atoms with Gasteiger partial charge in [0.25, 0.3) is 0 Å². The van der Waals surface area contributed by atoms with Crippen LogP contribution in [0.25, 0.3) is 0 Å². The molecule has 1 aromatic heterocycles. The maximum atomic E-state index is 4.37. The first-order valence-corrected chi connectivity index (χ1v) is 5.66. The molecule has 0 aromatic carbocycles. The van der Waals surface area contributed by atoms with E-state index in [1.165, 1.54) is 12.0 Å². The van der Waals surface area contributed by atoms with Crippen LogP contribution in [0.4, 0.5) is 0 Å². The van der Waals surface area contributed by atoms with Crippen LogP contribution in [-0.4, -0.2) is 15.8 Å². The van der Waals surface area contributed by atoms with Crippen LogP contribution in [-0.2, 0) is 7.05 Å². The molecule has 1 fully saturated rings. The smallest absolute Gasteiger partial charge is 0.0641 e. The van der Waals surface area contributed by atoms with Gasteiger partial charge in [0.2, 0.25) is 0 Å². The third kappa shape index (κ3) is 2.07. The summed E-state index contributed by atoms with van der Waals surface area (Å²) in [5.74, 6) is 0. The molecule has 1 aliphatic rings. The molecule has 0 radical (unpaired) electrons. The standard InChI is InChI=1S/C12H21N3/c1-8(13-11-6-12(11,3)4)10-7-15(5)14-9(10)2/h7-8,11,13H,6H2,1-5H3. The van der Waals surface area contributed by atoms with E-state index in [0.717, 1.165) is 5.69 Å². The summed E-state index contributed by atoms with van der Waals surface area (Å²) in [7, 11) is 1.98. The van der Waals surface area contributed by atoms with E-state index in [1.807, 2.05) is 11.7 Å². The van der Waals surface area contributed by atoms with Crippen molar-refractivity contribution in [3.8, 4) is 0 Å². The van der Waals surface area contributed by atoms with Gasteiger partial charge in [-0.3, -0.25) is 4.68 Å². The van der Waals surface area contributed by atoms with E-state index in [-0.39, 0.29) is 0 Å². The van der Waals surface area contributed by atoms with Crippen LogP contribution in [0.2, 0.25) is 0 Å². The van der Waals surface area contributed by atoms with E-state index >= 15 is 0 Å². The van der Waals surface area contributed by atoms with E-state index in [2.05, 4.69) is 44.3 Å². The van der Waals surface area contributed by atoms with Crippen molar-refractivity contribution in [2.24, 2.45) is 12.5 Å². The van der Waals surface area contributed by atoms with Crippen molar-refractivity contribution < 1.29 is 0 Å². The summed E-state index contributed by atoms with van der Waals surface area (Å²) in [6.45, 7) is 8.92. The topological polar surface area (TPSA) is 29.9 Å². The number of hydrogen-bond donors (Lipinski definition) is 1. The normalized spacial score (nSPS) is 25.3. The second-order valence-corrected chi connectivity index (χ2v) is 5.48. The SMILES string of the molecule is Cc1nn(C)cc1C(C)NC1CC1(C)C. The highest BCUT2D eigenvalue weighted by Gasteiger charge is 2.46. The van der Waals surface area contributed by atoms with Crippen molar-refractivity contribution in [2.45, 2.75) is 46.2 Å². The highest BCUT2D eigenvalue weighted by atomic mass is 15.3. The molecule has 2 unspecified atom stereocenters. The Morgan fingerprint density at radius 1 is 1.60 bits per heavy atom. The number of rotatable bonds is 3. The Balaban J connectivity index is 2.02. The van der Waals surface area contributed by atoms with E-state index in [4.69, 9.17) is 0 Å². The monoisotopic (exact) mass is 207 g/mol. The molecule has 1 saturated carbocycles. The molecule has 15 heavy (non-hydrogen) atoms. The summed E-state index contributed by atoms with van der Waals surface area (Å²) in [5, 5.41) is 8.03. The zero-order valence-corrected chi connectivity index (χ0v) is 10.3. The predicted octanol–water partition coefficient (Wildman–Crippen LogP) is 2.18. The summed E-state index contributed by atoms with van der Waals surface area (Å²) in [5.41, 5.74) is 2.95. The number of aromatic nitrogens is 2. The maximum Gasteiger partial charge on any atom is 0.0641 e. The molecule has 3 heteroatoms. The molecule has 3 nitrogen and oxygen atoms in total. The molecule has 2 atom stereocenters. The van der Waals surface area contributed by atoms with Gasteiger partial charge in [-0.2, -0.15) is 5.10 Å². The zero-order valence-electron chi connectivity index (χ0n) is 10.3. The fraction of sp³-hybridized carbons (Fsp3) is 0.750. The molecule has 0 spiro atoms. The van der Waals surface area contributed by atoms with Crippen LogP contribution >= 0.6 is 0 Å². The lowest BCUT2D eigenvalue weighted by molar-refractivity contribution is 0.490. The predicted molar refractivity (Wildman–Crippen MR) is 61.7 cm³/mol. The molecule has 2 rings (SSSR count). The summed E-state index contributed by atoms with van der Waals surface area (Å²) in [6.07, 6.45) is 3.40. The van der Waals surface area contributed by atoms with Crippen LogP contribution in [0.15, 0.2) is 6.20 Å². The van der Waals surface area contributed by atoms with Gasteiger partial charge < -0.3 is 5.32 Å². The minimum absolute atomic E-state index is 0.408. The first kappa shape index (κ1) is 10.7. The third-order valence-electron chi connectivity index (χ3n) is 3.48. The molecule has 84 valence electrons. The van der Waals surface area contributed by atoms with E-state index in [0.29, 0.717) is 17.5 Å². The van der Waals surface area contributed by atoms with Crippen LogP contribution in [0, 0.1) is 12.3 Å². The second kappa shape index (κ2) is 3.34. The molecule has 0 aliphatic heterocycles. The number of nitrogens with one attached hydrogen (secondary N) is 1. The van der Waals surface area contributed by atoms with Crippen molar-refractivity contribution >= 4 is 0 Å². The summed E-state index contributed by atoms with van der Waals surface area (Å²) >= 11 is 0. The minimum Gasteiger partial charge on any atom is -0.307 e. The quantitative estimate of drug-likeness (QED) is 0.823. The number of aryl methyl sites for hydroxylation is 2. The van der Waals surface area contributed by atoms with Crippen molar-refractivity contribution in [1.29, 1.82) is 0 Å². The fourth-order valence-corrected chi connectivity index (χ4v) is 2.19. The molecule has 1 aliphatic carbocycles.